The molecule has 0 radical (unpaired) electrons. The number of rotatable bonds is 7. The summed E-state index contributed by atoms with van der Waals surface area (Å²) in [5.74, 6) is 0.475. The zero-order valence-electron chi connectivity index (χ0n) is 19.0. The Hall–Kier alpha value is -4.12. The van der Waals surface area contributed by atoms with Crippen molar-refractivity contribution < 1.29 is 22.9 Å². The number of non-ortho nitro benzene ring substituents is 1. The third-order valence-corrected chi connectivity index (χ3v) is 7.11. The van der Waals surface area contributed by atoms with Gasteiger partial charge in [-0.15, -0.1) is 0 Å². The minimum Gasteiger partial charge on any atom is -0.497 e. The monoisotopic (exact) mass is 496 g/mol. The Kier molecular flexibility index (Phi) is 6.87. The Morgan fingerprint density at radius 1 is 0.971 bits per heavy atom. The Morgan fingerprint density at radius 2 is 1.66 bits per heavy atom. The van der Waals surface area contributed by atoms with Gasteiger partial charge in [-0.3, -0.25) is 19.6 Å². The molecule has 1 amide bonds. The second kappa shape index (κ2) is 10.0. The summed E-state index contributed by atoms with van der Waals surface area (Å²) >= 11 is 0. The first-order valence-corrected chi connectivity index (χ1v) is 12.3. The maximum Gasteiger partial charge on any atom is 0.270 e. The van der Waals surface area contributed by atoms with Crippen molar-refractivity contribution in [3.05, 3.63) is 88.5 Å². The van der Waals surface area contributed by atoms with Crippen molar-refractivity contribution in [3.63, 3.8) is 0 Å². The normalized spacial score (nSPS) is 13.9. The van der Waals surface area contributed by atoms with Crippen LogP contribution >= 0.6 is 0 Å². The molecule has 0 atom stereocenters. The van der Waals surface area contributed by atoms with Gasteiger partial charge in [0.15, 0.2) is 0 Å². The number of anilines is 2. The number of nitrogens with one attached hydrogen (secondary N) is 1. The van der Waals surface area contributed by atoms with Crippen molar-refractivity contribution in [1.29, 1.82) is 0 Å². The summed E-state index contributed by atoms with van der Waals surface area (Å²) in [6.45, 7) is 2.19. The Balaban J connectivity index is 1.48. The fourth-order valence-corrected chi connectivity index (χ4v) is 4.98. The first-order chi connectivity index (χ1) is 16.8. The predicted molar refractivity (Wildman–Crippen MR) is 131 cm³/mol. The van der Waals surface area contributed by atoms with Gasteiger partial charge in [0.2, 0.25) is 0 Å². The van der Waals surface area contributed by atoms with Crippen molar-refractivity contribution in [2.45, 2.75) is 4.90 Å². The fourth-order valence-electron chi connectivity index (χ4n) is 3.86. The van der Waals surface area contributed by atoms with Gasteiger partial charge in [-0.05, 0) is 42.5 Å². The molecule has 4 rings (SSSR count). The summed E-state index contributed by atoms with van der Waals surface area (Å²) in [5.41, 5.74) is 1.01. The van der Waals surface area contributed by atoms with Crippen LogP contribution in [0.2, 0.25) is 0 Å². The van der Waals surface area contributed by atoms with Crippen LogP contribution in [0.5, 0.6) is 5.75 Å². The molecule has 3 aromatic carbocycles. The van der Waals surface area contributed by atoms with E-state index in [0.29, 0.717) is 26.2 Å². The molecule has 0 saturated carbocycles. The second-order valence-electron chi connectivity index (χ2n) is 7.88. The molecule has 0 spiro atoms. The number of hydrogen-bond donors (Lipinski definition) is 1. The molecule has 0 aromatic heterocycles. The molecule has 11 heteroatoms. The van der Waals surface area contributed by atoms with Crippen LogP contribution in [0.4, 0.5) is 17.1 Å². The molecule has 1 fully saturated rings. The smallest absolute Gasteiger partial charge is 0.270 e. The quantitative estimate of drug-likeness (QED) is 0.393. The summed E-state index contributed by atoms with van der Waals surface area (Å²) in [6.07, 6.45) is 0. The lowest BCUT2D eigenvalue weighted by Crippen LogP contribution is -2.48. The maximum absolute atomic E-state index is 13.3. The lowest BCUT2D eigenvalue weighted by molar-refractivity contribution is -0.385. The number of ether oxygens (including phenoxy) is 1. The van der Waals surface area contributed by atoms with E-state index in [0.717, 1.165) is 17.5 Å². The molecular formula is C24H24N4O6S. The summed E-state index contributed by atoms with van der Waals surface area (Å²) in [7, 11) is -2.54. The molecule has 0 aliphatic carbocycles. The first-order valence-electron chi connectivity index (χ1n) is 10.8. The number of carbonyl (C=O) groups excluding carboxylic acids is 1. The van der Waals surface area contributed by atoms with Crippen LogP contribution in [0.1, 0.15) is 10.4 Å². The molecule has 1 N–H and O–H groups in total. The third-order valence-electron chi connectivity index (χ3n) is 5.74. The minimum absolute atomic E-state index is 0.113. The molecule has 1 aliphatic rings. The summed E-state index contributed by atoms with van der Waals surface area (Å²) in [4.78, 5) is 27.2. The second-order valence-corrected chi connectivity index (χ2v) is 9.57. The Morgan fingerprint density at radius 3 is 2.31 bits per heavy atom. The number of carbonyl (C=O) groups is 1. The van der Waals surface area contributed by atoms with E-state index in [2.05, 4.69) is 9.62 Å². The molecule has 10 nitrogen and oxygen atoms in total. The number of nitro groups is 1. The SMILES string of the molecule is COc1ccc(N2CCN(C(=O)c3ccccc3NS(=O)(=O)c3cccc([N+](=O)[O-])c3)CC2)cc1. The molecular weight excluding hydrogens is 472 g/mol. The van der Waals surface area contributed by atoms with Crippen molar-refractivity contribution >= 4 is 33.0 Å². The van der Waals surface area contributed by atoms with Gasteiger partial charge in [0.05, 0.1) is 28.2 Å². The zero-order valence-corrected chi connectivity index (χ0v) is 19.8. The van der Waals surface area contributed by atoms with Gasteiger partial charge in [-0.1, -0.05) is 18.2 Å². The molecule has 35 heavy (non-hydrogen) atoms. The highest BCUT2D eigenvalue weighted by Gasteiger charge is 2.26. The summed E-state index contributed by atoms with van der Waals surface area (Å²) in [6, 6.07) is 18.8. The average molecular weight is 497 g/mol. The fraction of sp³-hybridized carbons (Fsp3) is 0.208. The number of methoxy groups -OCH3 is 1. The van der Waals surface area contributed by atoms with Crippen LogP contribution in [0.15, 0.2) is 77.7 Å². The highest BCUT2D eigenvalue weighted by atomic mass is 32.2. The van der Waals surface area contributed by atoms with E-state index in [9.17, 15) is 23.3 Å². The van der Waals surface area contributed by atoms with Gasteiger partial charge in [0.25, 0.3) is 21.6 Å². The molecule has 182 valence electrons. The average Bonchev–Trinajstić information content (AvgIpc) is 2.88. The van der Waals surface area contributed by atoms with Crippen molar-refractivity contribution in [1.82, 2.24) is 4.90 Å². The van der Waals surface area contributed by atoms with E-state index < -0.39 is 14.9 Å². The number of nitrogens with zero attached hydrogens (tertiary/aromatic N) is 3. The minimum atomic E-state index is -4.15. The van der Waals surface area contributed by atoms with E-state index in [1.165, 1.54) is 24.3 Å². The van der Waals surface area contributed by atoms with E-state index >= 15 is 0 Å². The maximum atomic E-state index is 13.3. The predicted octanol–water partition coefficient (Wildman–Crippen LogP) is 3.37. The van der Waals surface area contributed by atoms with Gasteiger partial charge >= 0.3 is 0 Å². The summed E-state index contributed by atoms with van der Waals surface area (Å²) < 4.78 is 33.4. The Bertz CT molecular complexity index is 1340. The van der Waals surface area contributed by atoms with E-state index in [1.807, 2.05) is 24.3 Å². The van der Waals surface area contributed by atoms with Crippen molar-refractivity contribution in [3.8, 4) is 5.75 Å². The van der Waals surface area contributed by atoms with E-state index in [1.54, 1.807) is 30.2 Å². The molecule has 0 bridgehead atoms. The molecule has 1 saturated heterocycles. The van der Waals surface area contributed by atoms with Crippen LogP contribution in [-0.2, 0) is 10.0 Å². The van der Waals surface area contributed by atoms with E-state index in [4.69, 9.17) is 4.74 Å². The van der Waals surface area contributed by atoms with Crippen LogP contribution in [0.25, 0.3) is 0 Å². The first kappa shape index (κ1) is 24.0. The van der Waals surface area contributed by atoms with Crippen LogP contribution in [0.3, 0.4) is 0 Å². The summed E-state index contributed by atoms with van der Waals surface area (Å²) in [5, 5.41) is 11.0. The van der Waals surface area contributed by atoms with E-state index in [-0.39, 0.29) is 27.7 Å². The molecule has 0 unspecified atom stereocenters. The van der Waals surface area contributed by atoms with Gasteiger partial charge in [-0.2, -0.15) is 0 Å². The van der Waals surface area contributed by atoms with Crippen molar-refractivity contribution in [2.24, 2.45) is 0 Å². The van der Waals surface area contributed by atoms with Gasteiger partial charge in [-0.25, -0.2) is 8.42 Å². The third kappa shape index (κ3) is 5.35. The highest BCUT2D eigenvalue weighted by Crippen LogP contribution is 2.25. The zero-order chi connectivity index (χ0) is 25.0. The standard InChI is InChI=1S/C24H24N4O6S/c1-34-20-11-9-18(10-12-20)26-13-15-27(16-14-26)24(29)22-7-2-3-8-23(22)25-35(32,33)21-6-4-5-19(17-21)28(30)31/h2-12,17,25H,13-16H2,1H3. The Labute approximate surface area is 202 Å². The van der Waals surface area contributed by atoms with Gasteiger partial charge in [0.1, 0.15) is 5.75 Å². The topological polar surface area (TPSA) is 122 Å². The number of nitro benzene ring substituents is 1. The van der Waals surface area contributed by atoms with Crippen LogP contribution in [-0.4, -0.2) is 57.4 Å². The van der Waals surface area contributed by atoms with Gasteiger partial charge < -0.3 is 14.5 Å². The molecule has 3 aromatic rings. The van der Waals surface area contributed by atoms with Gasteiger partial charge in [0, 0.05) is 44.0 Å². The number of para-hydroxylation sites is 1. The number of hydrogen-bond acceptors (Lipinski definition) is 7. The lowest BCUT2D eigenvalue weighted by Gasteiger charge is -2.36. The molecule has 1 aliphatic heterocycles. The molecule has 1 heterocycles. The van der Waals surface area contributed by atoms with Crippen molar-refractivity contribution in [2.75, 3.05) is 42.9 Å². The highest BCUT2D eigenvalue weighted by molar-refractivity contribution is 7.92. The lowest BCUT2D eigenvalue weighted by atomic mass is 10.1. The number of benzene rings is 3. The largest absolute Gasteiger partial charge is 0.497 e. The van der Waals surface area contributed by atoms with Crippen LogP contribution < -0.4 is 14.4 Å². The number of sulfonamides is 1. The van der Waals surface area contributed by atoms with Crippen LogP contribution in [0, 0.1) is 10.1 Å². The number of piperazine rings is 1. The number of amides is 1.